The third-order valence-electron chi connectivity index (χ3n) is 5.73. The second-order valence-electron chi connectivity index (χ2n) is 8.10. The maximum absolute atomic E-state index is 12.7. The van der Waals surface area contributed by atoms with Gasteiger partial charge in [-0.2, -0.15) is 0 Å². The molecule has 2 aliphatic rings. The maximum atomic E-state index is 12.7. The quantitative estimate of drug-likeness (QED) is 0.782. The first-order valence-electron chi connectivity index (χ1n) is 8.31. The summed E-state index contributed by atoms with van der Waals surface area (Å²) in [7, 11) is 0. The van der Waals surface area contributed by atoms with Crippen molar-refractivity contribution in [3.8, 4) is 5.75 Å². The molecule has 0 radical (unpaired) electrons. The number of allylic oxidation sites excluding steroid dienone is 2. The Labute approximate surface area is 133 Å². The van der Waals surface area contributed by atoms with Crippen molar-refractivity contribution in [1.29, 1.82) is 0 Å². The van der Waals surface area contributed by atoms with E-state index in [9.17, 15) is 9.90 Å². The maximum Gasteiger partial charge on any atom is 0.186 e. The van der Waals surface area contributed by atoms with E-state index in [1.807, 2.05) is 32.1 Å². The molecule has 1 atom stereocenters. The molecule has 0 bridgehead atoms. The van der Waals surface area contributed by atoms with Gasteiger partial charge >= 0.3 is 0 Å². The van der Waals surface area contributed by atoms with Crippen LogP contribution in [0.1, 0.15) is 81.3 Å². The number of hydrogen-bond acceptors (Lipinski definition) is 2. The fraction of sp³-hybridized carbons (Fsp3) is 0.550. The van der Waals surface area contributed by atoms with Crippen LogP contribution in [0.3, 0.4) is 0 Å². The normalized spacial score (nSPS) is 26.5. The zero-order valence-corrected chi connectivity index (χ0v) is 14.3. The Bertz CT molecular complexity index is 679. The molecule has 2 heteroatoms. The summed E-state index contributed by atoms with van der Waals surface area (Å²) in [5.41, 5.74) is 3.82. The molecule has 0 heterocycles. The average Bonchev–Trinajstić information content (AvgIpc) is 2.41. The van der Waals surface area contributed by atoms with Crippen molar-refractivity contribution >= 4 is 5.78 Å². The highest BCUT2D eigenvalue weighted by molar-refractivity contribution is 6.08. The monoisotopic (exact) mass is 298 g/mol. The largest absolute Gasteiger partial charge is 0.508 e. The number of ketones is 1. The number of fused-ring (bicyclic) bond motifs is 3. The second-order valence-corrected chi connectivity index (χ2v) is 8.10. The standard InChI is InChI=1S/C20H26O2/c1-12(2)13-9-14-15(10-16(13)21)20(5)8-6-7-19(3,4)18(20)11-17(14)22/h9-12,21H,6-8H2,1-5H3. The van der Waals surface area contributed by atoms with Crippen LogP contribution in [0, 0.1) is 5.41 Å². The van der Waals surface area contributed by atoms with E-state index < -0.39 is 0 Å². The molecule has 1 saturated carbocycles. The van der Waals surface area contributed by atoms with Crippen molar-refractivity contribution in [2.45, 2.75) is 65.2 Å². The summed E-state index contributed by atoms with van der Waals surface area (Å²) in [5.74, 6) is 0.630. The Morgan fingerprint density at radius 3 is 2.45 bits per heavy atom. The lowest BCUT2D eigenvalue weighted by Gasteiger charge is -2.48. The first-order valence-corrected chi connectivity index (χ1v) is 8.31. The van der Waals surface area contributed by atoms with Gasteiger partial charge in [-0.15, -0.1) is 0 Å². The van der Waals surface area contributed by atoms with Gasteiger partial charge in [0.25, 0.3) is 0 Å². The smallest absolute Gasteiger partial charge is 0.186 e. The van der Waals surface area contributed by atoms with Crippen LogP contribution >= 0.6 is 0 Å². The molecule has 1 aromatic rings. The van der Waals surface area contributed by atoms with Gasteiger partial charge in [-0.1, -0.05) is 46.6 Å². The Hall–Kier alpha value is -1.57. The third kappa shape index (κ3) is 2.04. The van der Waals surface area contributed by atoms with Gasteiger partial charge < -0.3 is 5.11 Å². The van der Waals surface area contributed by atoms with Gasteiger partial charge in [0.15, 0.2) is 5.78 Å². The molecule has 1 N–H and O–H groups in total. The second kappa shape index (κ2) is 4.71. The van der Waals surface area contributed by atoms with Gasteiger partial charge in [-0.25, -0.2) is 0 Å². The van der Waals surface area contributed by atoms with Crippen LogP contribution in [0.15, 0.2) is 23.8 Å². The minimum Gasteiger partial charge on any atom is -0.508 e. The van der Waals surface area contributed by atoms with Crippen molar-refractivity contribution in [2.75, 3.05) is 0 Å². The van der Waals surface area contributed by atoms with E-state index >= 15 is 0 Å². The van der Waals surface area contributed by atoms with Crippen molar-refractivity contribution < 1.29 is 9.90 Å². The van der Waals surface area contributed by atoms with Gasteiger partial charge in [0.2, 0.25) is 0 Å². The van der Waals surface area contributed by atoms with Gasteiger partial charge in [0.05, 0.1) is 0 Å². The van der Waals surface area contributed by atoms with Crippen LogP contribution in [0.4, 0.5) is 0 Å². The van der Waals surface area contributed by atoms with Crippen molar-refractivity contribution in [3.05, 3.63) is 40.5 Å². The molecule has 0 aliphatic heterocycles. The van der Waals surface area contributed by atoms with E-state index in [4.69, 9.17) is 0 Å². The van der Waals surface area contributed by atoms with E-state index in [1.165, 1.54) is 5.57 Å². The van der Waals surface area contributed by atoms with Crippen LogP contribution in [0.5, 0.6) is 5.75 Å². The minimum atomic E-state index is -0.127. The molecule has 3 rings (SSSR count). The zero-order chi connectivity index (χ0) is 16.3. The summed E-state index contributed by atoms with van der Waals surface area (Å²) < 4.78 is 0. The molecule has 2 aliphatic carbocycles. The van der Waals surface area contributed by atoms with Crippen molar-refractivity contribution in [1.82, 2.24) is 0 Å². The highest BCUT2D eigenvalue weighted by Gasteiger charge is 2.46. The van der Waals surface area contributed by atoms with Gasteiger partial charge in [-0.05, 0) is 53.5 Å². The summed E-state index contributed by atoms with van der Waals surface area (Å²) in [4.78, 5) is 12.7. The molecular weight excluding hydrogens is 272 g/mol. The van der Waals surface area contributed by atoms with Gasteiger partial charge in [-0.3, -0.25) is 4.79 Å². The molecule has 0 saturated heterocycles. The van der Waals surface area contributed by atoms with Crippen LogP contribution < -0.4 is 0 Å². The summed E-state index contributed by atoms with van der Waals surface area (Å²) in [6.45, 7) is 10.8. The molecule has 118 valence electrons. The molecular formula is C20H26O2. The van der Waals surface area contributed by atoms with Crippen molar-refractivity contribution in [3.63, 3.8) is 0 Å². The Kier molecular flexibility index (Phi) is 3.28. The SMILES string of the molecule is CC(C)c1cc2c(cc1O)C1(C)CCCC(C)(C)C1=CC2=O. The van der Waals surface area contributed by atoms with Gasteiger partial charge in [0.1, 0.15) is 5.75 Å². The lowest BCUT2D eigenvalue weighted by molar-refractivity contribution is 0.103. The Balaban J connectivity index is 2.25. The Morgan fingerprint density at radius 1 is 1.14 bits per heavy atom. The fourth-order valence-corrected chi connectivity index (χ4v) is 4.47. The van der Waals surface area contributed by atoms with Crippen LogP contribution in [-0.4, -0.2) is 10.9 Å². The molecule has 0 aromatic heterocycles. The molecule has 1 unspecified atom stereocenters. The highest BCUT2D eigenvalue weighted by Crippen LogP contribution is 2.55. The van der Waals surface area contributed by atoms with Gasteiger partial charge in [0, 0.05) is 11.0 Å². The highest BCUT2D eigenvalue weighted by atomic mass is 16.3. The predicted molar refractivity (Wildman–Crippen MR) is 89.6 cm³/mol. The van der Waals surface area contributed by atoms with Crippen LogP contribution in [-0.2, 0) is 5.41 Å². The molecule has 1 aromatic carbocycles. The number of aromatic hydroxyl groups is 1. The zero-order valence-electron chi connectivity index (χ0n) is 14.3. The molecule has 1 fully saturated rings. The minimum absolute atomic E-state index is 0.0483. The number of phenolic OH excluding ortho intramolecular Hbond substituents is 1. The number of carbonyl (C=O) groups excluding carboxylic acids is 1. The van der Waals surface area contributed by atoms with E-state index in [2.05, 4.69) is 20.8 Å². The summed E-state index contributed by atoms with van der Waals surface area (Å²) >= 11 is 0. The van der Waals surface area contributed by atoms with E-state index in [0.717, 1.165) is 36.0 Å². The summed E-state index contributed by atoms with van der Waals surface area (Å²) in [5, 5.41) is 10.4. The number of rotatable bonds is 1. The lowest BCUT2D eigenvalue weighted by Crippen LogP contribution is -2.41. The van der Waals surface area contributed by atoms with E-state index in [-0.39, 0.29) is 22.5 Å². The molecule has 0 spiro atoms. The third-order valence-corrected chi connectivity index (χ3v) is 5.73. The number of hydrogen-bond donors (Lipinski definition) is 1. The molecule has 22 heavy (non-hydrogen) atoms. The lowest BCUT2D eigenvalue weighted by atomic mass is 9.55. The number of benzene rings is 1. The van der Waals surface area contributed by atoms with Crippen LogP contribution in [0.25, 0.3) is 0 Å². The first-order chi connectivity index (χ1) is 10.2. The molecule has 2 nitrogen and oxygen atoms in total. The molecule has 0 amide bonds. The number of carbonyl (C=O) groups is 1. The topological polar surface area (TPSA) is 37.3 Å². The van der Waals surface area contributed by atoms with E-state index in [1.54, 1.807) is 0 Å². The van der Waals surface area contributed by atoms with E-state index in [0.29, 0.717) is 5.75 Å². The Morgan fingerprint density at radius 2 is 1.82 bits per heavy atom. The number of phenols is 1. The predicted octanol–water partition coefficient (Wildman–Crippen LogP) is 5.11. The summed E-state index contributed by atoms with van der Waals surface area (Å²) in [6, 6.07) is 3.77. The first kappa shape index (κ1) is 15.3. The summed E-state index contributed by atoms with van der Waals surface area (Å²) in [6.07, 6.45) is 5.19. The fourth-order valence-electron chi connectivity index (χ4n) is 4.47. The van der Waals surface area contributed by atoms with Crippen molar-refractivity contribution in [2.24, 2.45) is 5.41 Å². The van der Waals surface area contributed by atoms with Crippen LogP contribution in [0.2, 0.25) is 0 Å². The average molecular weight is 298 g/mol.